The monoisotopic (exact) mass is 1360 g/mol. The Balaban J connectivity index is 0.852. The van der Waals surface area contributed by atoms with Gasteiger partial charge in [0.15, 0.2) is 0 Å². The molecule has 0 aromatic heterocycles. The molecule has 0 N–H and O–H groups in total. The molecule has 0 radical (unpaired) electrons. The van der Waals surface area contributed by atoms with Crippen LogP contribution >= 0.6 is 0 Å². The van der Waals surface area contributed by atoms with Gasteiger partial charge >= 0.3 is 0 Å². The van der Waals surface area contributed by atoms with Gasteiger partial charge in [-0.05, 0) is 242 Å². The molecule has 0 amide bonds. The normalized spacial score (nSPS) is 16.4. The molecule has 15 aromatic rings. The summed E-state index contributed by atoms with van der Waals surface area (Å²) in [6.45, 7) is 29.6. The van der Waals surface area contributed by atoms with Crippen molar-refractivity contribution in [3.63, 3.8) is 0 Å². The summed E-state index contributed by atoms with van der Waals surface area (Å²) in [6.07, 6.45) is 0. The predicted octanol–water partition coefficient (Wildman–Crippen LogP) is 27.9. The molecule has 15 aromatic carbocycles. The van der Waals surface area contributed by atoms with Gasteiger partial charge in [0.2, 0.25) is 0 Å². The van der Waals surface area contributed by atoms with E-state index in [1.807, 2.05) is 0 Å². The fourth-order valence-electron chi connectivity index (χ4n) is 20.4. The zero-order chi connectivity index (χ0) is 72.0. The SMILES string of the molecule is CC1(C)c2ccccc2-c2ccc(N(c3cc4c5c(c3)C(C)(C)c3cc(N(c6ccc7c(c6)C(C)(C)c6ccccc6-7)c6ccc7ccccc7c6)cc6c3N5c3c(cc(N(c5ccc7c(c5)C(C)(C)c5ccccc5-7)c5ccc7ccccc7c5)cc3C6(C)C)C4(C)C)c3ccc4ccccc4c3)cc21. The Morgan fingerprint density at radius 3 is 0.642 bits per heavy atom. The van der Waals surface area contributed by atoms with Crippen LogP contribution in [-0.4, -0.2) is 0 Å². The van der Waals surface area contributed by atoms with Crippen molar-refractivity contribution in [2.45, 2.75) is 116 Å². The smallest absolute Gasteiger partial charge is 0.0545 e. The van der Waals surface area contributed by atoms with Gasteiger partial charge in [0.1, 0.15) is 0 Å². The molecule has 0 spiro atoms. The first-order valence-electron chi connectivity index (χ1n) is 38.0. The molecule has 3 aliphatic carbocycles. The summed E-state index contributed by atoms with van der Waals surface area (Å²) in [7, 11) is 0. The van der Waals surface area contributed by atoms with Gasteiger partial charge in [-0.3, -0.25) is 0 Å². The standard InChI is InChI=1S/C102H84N4/c1-97(2)82-34-22-19-31-76(82)79-46-43-70(52-85(79)97)103(67-40-37-61-25-13-16-28-64(61)49-67)73-55-88-94-89(56-73)101(9,10)91-58-75(105(69-42-39-63-27-15-18-30-66(63)51-69)72-45-48-81-78-33-21-24-36-84(78)99(5,6)87(81)54-72)60-93-96(91)106(94)95-90(100(88,7)8)57-74(59-92(95)102(93,11)12)104(68-41-38-62-26-14-17-29-65(62)50-68)71-44-47-80-77-32-20-23-35-83(77)98(3,4)86(80)53-71/h13-60H,1-12H3. The molecular weight excluding hydrogens is 1280 g/mol. The molecular formula is C102H84N4. The highest BCUT2D eigenvalue weighted by molar-refractivity contribution is 6.04. The first-order chi connectivity index (χ1) is 51.1. The third-order valence-corrected chi connectivity index (χ3v) is 26.2. The molecule has 0 saturated carbocycles. The van der Waals surface area contributed by atoms with Crippen LogP contribution in [0, 0.1) is 0 Å². The lowest BCUT2D eigenvalue weighted by molar-refractivity contribution is 0.567. The average molecular weight is 1370 g/mol. The average Bonchev–Trinajstić information content (AvgIpc) is 0.905. The maximum atomic E-state index is 2.78. The van der Waals surface area contributed by atoms with Gasteiger partial charge in [-0.15, -0.1) is 0 Å². The van der Waals surface area contributed by atoms with Crippen LogP contribution in [0.3, 0.4) is 0 Å². The number of fused-ring (bicyclic) bond motifs is 12. The number of benzene rings is 15. The first kappa shape index (κ1) is 62.8. The Morgan fingerprint density at radius 1 is 0.170 bits per heavy atom. The molecule has 0 bridgehead atoms. The zero-order valence-corrected chi connectivity index (χ0v) is 62.5. The maximum absolute atomic E-state index is 2.78. The molecule has 512 valence electrons. The molecule has 3 aliphatic heterocycles. The van der Waals surface area contributed by atoms with E-state index in [9.17, 15) is 0 Å². The van der Waals surface area contributed by atoms with Crippen LogP contribution in [0.25, 0.3) is 65.7 Å². The molecule has 0 fully saturated rings. The van der Waals surface area contributed by atoms with Crippen LogP contribution in [0.5, 0.6) is 0 Å². The van der Waals surface area contributed by atoms with Gasteiger partial charge in [-0.2, -0.15) is 0 Å². The van der Waals surface area contributed by atoms with Gasteiger partial charge < -0.3 is 19.6 Å². The van der Waals surface area contributed by atoms with Gasteiger partial charge in [0.05, 0.1) is 17.1 Å². The summed E-state index contributed by atoms with van der Waals surface area (Å²) in [4.78, 5) is 10.5. The topological polar surface area (TPSA) is 13.0 Å². The van der Waals surface area contributed by atoms with Crippen LogP contribution < -0.4 is 19.6 Å². The summed E-state index contributed by atoms with van der Waals surface area (Å²) in [5, 5.41) is 7.28. The van der Waals surface area contributed by atoms with Crippen molar-refractivity contribution < 1.29 is 0 Å². The van der Waals surface area contributed by atoms with Gasteiger partial charge in [-0.25, -0.2) is 0 Å². The summed E-state index contributed by atoms with van der Waals surface area (Å²) < 4.78 is 0. The minimum atomic E-state index is -0.543. The lowest BCUT2D eigenvalue weighted by atomic mass is 9.60. The second-order valence-corrected chi connectivity index (χ2v) is 34.2. The molecule has 0 atom stereocenters. The summed E-state index contributed by atoms with van der Waals surface area (Å²) in [6, 6.07) is 112. The van der Waals surface area contributed by atoms with E-state index in [1.165, 1.54) is 150 Å². The van der Waals surface area contributed by atoms with E-state index in [1.54, 1.807) is 0 Å². The first-order valence-corrected chi connectivity index (χ1v) is 38.0. The van der Waals surface area contributed by atoms with Gasteiger partial charge in [0.25, 0.3) is 0 Å². The molecule has 3 heterocycles. The van der Waals surface area contributed by atoms with Crippen molar-refractivity contribution in [2.24, 2.45) is 0 Å². The van der Waals surface area contributed by atoms with E-state index in [4.69, 9.17) is 0 Å². The quantitative estimate of drug-likeness (QED) is 0.143. The summed E-state index contributed by atoms with van der Waals surface area (Å²) >= 11 is 0. The van der Waals surface area contributed by atoms with Gasteiger partial charge in [-0.1, -0.05) is 265 Å². The van der Waals surface area contributed by atoms with Crippen molar-refractivity contribution >= 4 is 101 Å². The zero-order valence-electron chi connectivity index (χ0n) is 62.5. The second kappa shape index (κ2) is 21.5. The molecule has 106 heavy (non-hydrogen) atoms. The molecule has 6 aliphatic rings. The van der Waals surface area contributed by atoms with E-state index in [0.29, 0.717) is 0 Å². The second-order valence-electron chi connectivity index (χ2n) is 34.2. The Labute approximate surface area is 623 Å². The lowest BCUT2D eigenvalue weighted by Gasteiger charge is -2.55. The fourth-order valence-corrected chi connectivity index (χ4v) is 20.4. The predicted molar refractivity (Wildman–Crippen MR) is 447 cm³/mol. The Kier molecular flexibility index (Phi) is 12.7. The Morgan fingerprint density at radius 2 is 0.368 bits per heavy atom. The van der Waals surface area contributed by atoms with E-state index in [-0.39, 0.29) is 16.2 Å². The van der Waals surface area contributed by atoms with E-state index in [0.717, 1.165) is 51.2 Å². The minimum absolute atomic E-state index is 0.216. The number of rotatable bonds is 9. The number of hydrogen-bond donors (Lipinski definition) is 0. The van der Waals surface area contributed by atoms with Crippen molar-refractivity contribution in [3.8, 4) is 33.4 Å². The minimum Gasteiger partial charge on any atom is -0.310 e. The van der Waals surface area contributed by atoms with Crippen LogP contribution in [-0.2, 0) is 32.5 Å². The maximum Gasteiger partial charge on any atom is 0.0545 e. The van der Waals surface area contributed by atoms with E-state index < -0.39 is 16.2 Å². The summed E-state index contributed by atoms with van der Waals surface area (Å²) in [5.41, 5.74) is 35.6. The Hall–Kier alpha value is -11.7. The third kappa shape index (κ3) is 8.53. The van der Waals surface area contributed by atoms with Crippen LogP contribution in [0.15, 0.2) is 291 Å². The molecule has 0 saturated heterocycles. The number of nitrogens with zero attached hydrogens (tertiary/aromatic N) is 4. The molecule has 21 rings (SSSR count). The van der Waals surface area contributed by atoms with Crippen LogP contribution in [0.4, 0.5) is 68.2 Å². The lowest BCUT2D eigenvalue weighted by Crippen LogP contribution is -2.44. The molecule has 4 nitrogen and oxygen atoms in total. The van der Waals surface area contributed by atoms with Crippen molar-refractivity contribution in [1.82, 2.24) is 0 Å². The Bertz CT molecular complexity index is 5690. The number of anilines is 12. The molecule has 0 unspecified atom stereocenters. The highest BCUT2D eigenvalue weighted by atomic mass is 15.2. The summed E-state index contributed by atoms with van der Waals surface area (Å²) in [5.74, 6) is 0. The molecule has 4 heteroatoms. The van der Waals surface area contributed by atoms with Gasteiger partial charge in [0, 0.05) is 83.7 Å². The highest BCUT2D eigenvalue weighted by Gasteiger charge is 2.54. The largest absolute Gasteiger partial charge is 0.310 e. The van der Waals surface area contributed by atoms with Crippen LogP contribution in [0.1, 0.15) is 150 Å². The van der Waals surface area contributed by atoms with Crippen LogP contribution in [0.2, 0.25) is 0 Å². The van der Waals surface area contributed by atoms with Crippen molar-refractivity contribution in [2.75, 3.05) is 19.6 Å². The van der Waals surface area contributed by atoms with E-state index >= 15 is 0 Å². The van der Waals surface area contributed by atoms with E-state index in [2.05, 4.69) is 394 Å². The fraction of sp³-hybridized carbons (Fsp3) is 0.176. The number of hydrogen-bond acceptors (Lipinski definition) is 4. The van der Waals surface area contributed by atoms with Crippen molar-refractivity contribution in [1.29, 1.82) is 0 Å². The highest BCUT2D eigenvalue weighted by Crippen LogP contribution is 2.69. The third-order valence-electron chi connectivity index (χ3n) is 26.2. The van der Waals surface area contributed by atoms with Crippen molar-refractivity contribution in [3.05, 3.63) is 358 Å².